The molecule has 0 saturated carbocycles. The lowest BCUT2D eigenvalue weighted by molar-refractivity contribution is 0.169. The van der Waals surface area contributed by atoms with Gasteiger partial charge in [-0.15, -0.1) is 5.10 Å². The highest BCUT2D eigenvalue weighted by molar-refractivity contribution is 7.23. The van der Waals surface area contributed by atoms with Crippen LogP contribution in [0.2, 0.25) is 0 Å². The Kier molecular flexibility index (Phi) is 3.31. The van der Waals surface area contributed by atoms with E-state index in [1.165, 1.54) is 26.8 Å². The van der Waals surface area contributed by atoms with Crippen LogP contribution in [0.15, 0.2) is 33.9 Å². The average Bonchev–Trinajstić information content (AvgIpc) is 2.91. The smallest absolute Gasteiger partial charge is 0.284 e. The van der Waals surface area contributed by atoms with Crippen LogP contribution in [0.5, 0.6) is 0 Å². The van der Waals surface area contributed by atoms with Crippen molar-refractivity contribution in [3.05, 3.63) is 45.0 Å². The molecule has 6 nitrogen and oxygen atoms in total. The normalized spacial score (nSPS) is 16.5. The molecule has 1 aromatic carbocycles. The Balaban J connectivity index is 1.86. The first-order valence-electron chi connectivity index (χ1n) is 7.48. The molecule has 7 heteroatoms. The van der Waals surface area contributed by atoms with Gasteiger partial charge in [0.05, 0.1) is 16.9 Å². The number of hydrogen-bond donors (Lipinski definition) is 0. The summed E-state index contributed by atoms with van der Waals surface area (Å²) >= 11 is 1.43. The molecule has 0 spiro atoms. The second-order valence-corrected chi connectivity index (χ2v) is 6.63. The maximum absolute atomic E-state index is 12.4. The van der Waals surface area contributed by atoms with E-state index in [4.69, 9.17) is 0 Å². The third-order valence-electron chi connectivity index (χ3n) is 4.11. The van der Waals surface area contributed by atoms with Gasteiger partial charge in [-0.1, -0.05) is 29.9 Å². The minimum atomic E-state index is -0.549. The molecule has 0 N–H and O–H groups in total. The molecule has 0 unspecified atom stereocenters. The molecule has 1 saturated heterocycles. The van der Waals surface area contributed by atoms with Gasteiger partial charge in [-0.3, -0.25) is 14.5 Å². The molecule has 1 aliphatic heterocycles. The molecule has 0 aliphatic carbocycles. The van der Waals surface area contributed by atoms with E-state index in [0.717, 1.165) is 36.1 Å². The molecule has 22 heavy (non-hydrogen) atoms. The SMILES string of the molecule is O=c1c(=O)n2c(nn1CN1CCCCC1)sc1ccccc12. The number of para-hydroxylation sites is 1. The van der Waals surface area contributed by atoms with E-state index >= 15 is 0 Å². The Hall–Kier alpha value is -1.99. The van der Waals surface area contributed by atoms with Gasteiger partial charge in [0.25, 0.3) is 0 Å². The van der Waals surface area contributed by atoms with Crippen LogP contribution in [0.25, 0.3) is 15.2 Å². The van der Waals surface area contributed by atoms with Crippen LogP contribution in [0.1, 0.15) is 19.3 Å². The first-order valence-corrected chi connectivity index (χ1v) is 8.29. The van der Waals surface area contributed by atoms with Crippen molar-refractivity contribution in [2.75, 3.05) is 13.1 Å². The van der Waals surface area contributed by atoms with Gasteiger partial charge in [0.15, 0.2) is 0 Å². The summed E-state index contributed by atoms with van der Waals surface area (Å²) in [5, 5.41) is 4.41. The van der Waals surface area contributed by atoms with E-state index < -0.39 is 11.1 Å². The van der Waals surface area contributed by atoms with Crippen LogP contribution < -0.4 is 11.1 Å². The Bertz CT molecular complexity index is 949. The number of aromatic nitrogens is 3. The Morgan fingerprint density at radius 2 is 1.82 bits per heavy atom. The highest BCUT2D eigenvalue weighted by Crippen LogP contribution is 2.22. The molecule has 0 radical (unpaired) electrons. The zero-order valence-corrected chi connectivity index (χ0v) is 12.9. The van der Waals surface area contributed by atoms with Gasteiger partial charge in [-0.25, -0.2) is 9.08 Å². The molecular formula is C15H16N4O2S. The summed E-state index contributed by atoms with van der Waals surface area (Å²) in [6, 6.07) is 7.56. The number of thiazole rings is 1. The van der Waals surface area contributed by atoms with Crippen molar-refractivity contribution in [1.82, 2.24) is 19.1 Å². The highest BCUT2D eigenvalue weighted by atomic mass is 32.1. The fourth-order valence-electron chi connectivity index (χ4n) is 2.98. The van der Waals surface area contributed by atoms with E-state index in [1.54, 1.807) is 0 Å². The third-order valence-corrected chi connectivity index (χ3v) is 5.12. The molecule has 4 rings (SSSR count). The number of benzene rings is 1. The van der Waals surface area contributed by atoms with Crippen LogP contribution in [0, 0.1) is 0 Å². The standard InChI is InChI=1S/C15H16N4O2S/c20-13-14(21)19-11-6-2-3-7-12(11)22-15(19)16-18(13)10-17-8-4-1-5-9-17/h2-3,6-7H,1,4-5,8-10H2. The maximum atomic E-state index is 12.4. The van der Waals surface area contributed by atoms with Gasteiger partial charge >= 0.3 is 11.1 Å². The van der Waals surface area contributed by atoms with E-state index in [1.807, 2.05) is 24.3 Å². The van der Waals surface area contributed by atoms with E-state index in [-0.39, 0.29) is 0 Å². The summed E-state index contributed by atoms with van der Waals surface area (Å²) in [7, 11) is 0. The van der Waals surface area contributed by atoms with Gasteiger partial charge in [0.1, 0.15) is 0 Å². The van der Waals surface area contributed by atoms with E-state index in [2.05, 4.69) is 10.00 Å². The zero-order chi connectivity index (χ0) is 15.1. The monoisotopic (exact) mass is 316 g/mol. The van der Waals surface area contributed by atoms with Gasteiger partial charge in [0, 0.05) is 0 Å². The largest absolute Gasteiger partial charge is 0.334 e. The van der Waals surface area contributed by atoms with Crippen molar-refractivity contribution in [1.29, 1.82) is 0 Å². The summed E-state index contributed by atoms with van der Waals surface area (Å²) in [6.45, 7) is 2.32. The lowest BCUT2D eigenvalue weighted by Crippen LogP contribution is -2.44. The van der Waals surface area contributed by atoms with Crippen molar-refractivity contribution >= 4 is 26.5 Å². The molecule has 0 amide bonds. The second kappa shape index (κ2) is 5.33. The fourth-order valence-corrected chi connectivity index (χ4v) is 4.00. The predicted octanol–water partition coefficient (Wildman–Crippen LogP) is 1.51. The van der Waals surface area contributed by atoms with Crippen molar-refractivity contribution in [3.8, 4) is 0 Å². The molecule has 3 aromatic rings. The molecular weight excluding hydrogens is 300 g/mol. The molecule has 1 aliphatic rings. The highest BCUT2D eigenvalue weighted by Gasteiger charge is 2.16. The van der Waals surface area contributed by atoms with Gasteiger partial charge in [-0.05, 0) is 38.1 Å². The van der Waals surface area contributed by atoms with Crippen molar-refractivity contribution in [2.45, 2.75) is 25.9 Å². The molecule has 2 aromatic heterocycles. The summed E-state index contributed by atoms with van der Waals surface area (Å²) in [5.41, 5.74) is -0.312. The first-order chi connectivity index (χ1) is 10.7. The first kappa shape index (κ1) is 13.7. The van der Waals surface area contributed by atoms with Gasteiger partial charge in [-0.2, -0.15) is 0 Å². The van der Waals surface area contributed by atoms with Gasteiger partial charge < -0.3 is 0 Å². The third kappa shape index (κ3) is 2.17. The van der Waals surface area contributed by atoms with E-state index in [9.17, 15) is 9.59 Å². The van der Waals surface area contributed by atoms with Crippen molar-refractivity contribution in [2.24, 2.45) is 0 Å². The number of rotatable bonds is 2. The number of likely N-dealkylation sites (tertiary alicyclic amines) is 1. The topological polar surface area (TPSA) is 59.6 Å². The Morgan fingerprint density at radius 1 is 1.05 bits per heavy atom. The minimum absolute atomic E-state index is 0.402. The maximum Gasteiger partial charge on any atom is 0.334 e. The number of hydrogen-bond acceptors (Lipinski definition) is 5. The number of piperidine rings is 1. The average molecular weight is 316 g/mol. The fraction of sp³-hybridized carbons (Fsp3) is 0.400. The van der Waals surface area contributed by atoms with Crippen LogP contribution in [-0.4, -0.2) is 32.2 Å². The van der Waals surface area contributed by atoms with Crippen LogP contribution in [0.4, 0.5) is 0 Å². The number of nitrogens with zero attached hydrogens (tertiary/aromatic N) is 4. The summed E-state index contributed by atoms with van der Waals surface area (Å²) in [6.07, 6.45) is 3.51. The molecule has 3 heterocycles. The van der Waals surface area contributed by atoms with Crippen LogP contribution >= 0.6 is 11.3 Å². The van der Waals surface area contributed by atoms with Crippen LogP contribution in [-0.2, 0) is 6.67 Å². The zero-order valence-electron chi connectivity index (χ0n) is 12.1. The molecule has 0 bridgehead atoms. The predicted molar refractivity (Wildman–Crippen MR) is 86.5 cm³/mol. The molecule has 114 valence electrons. The lowest BCUT2D eigenvalue weighted by Gasteiger charge is -2.26. The van der Waals surface area contributed by atoms with Crippen molar-refractivity contribution in [3.63, 3.8) is 0 Å². The quantitative estimate of drug-likeness (QED) is 0.673. The Morgan fingerprint density at radius 3 is 2.64 bits per heavy atom. The van der Waals surface area contributed by atoms with Crippen LogP contribution in [0.3, 0.4) is 0 Å². The lowest BCUT2D eigenvalue weighted by atomic mass is 10.1. The van der Waals surface area contributed by atoms with Crippen molar-refractivity contribution < 1.29 is 0 Å². The van der Waals surface area contributed by atoms with Gasteiger partial charge in [0.2, 0.25) is 4.96 Å². The minimum Gasteiger partial charge on any atom is -0.284 e. The second-order valence-electron chi connectivity index (χ2n) is 5.62. The Labute approximate surface area is 130 Å². The molecule has 0 atom stereocenters. The summed E-state index contributed by atoms with van der Waals surface area (Å²) < 4.78 is 3.70. The van der Waals surface area contributed by atoms with E-state index in [0.29, 0.717) is 11.6 Å². The summed E-state index contributed by atoms with van der Waals surface area (Å²) in [5.74, 6) is 0. The molecule has 1 fully saturated rings. The summed E-state index contributed by atoms with van der Waals surface area (Å²) in [4.78, 5) is 27.5. The number of fused-ring (bicyclic) bond motifs is 3.